The molecule has 1 N–H and O–H groups in total. The van der Waals surface area contributed by atoms with Crippen LogP contribution in [0, 0.1) is 12.7 Å². The Morgan fingerprint density at radius 1 is 1.41 bits per heavy atom. The van der Waals surface area contributed by atoms with Crippen LogP contribution in [-0.4, -0.2) is 30.2 Å². The molecule has 2 heterocycles. The van der Waals surface area contributed by atoms with Gasteiger partial charge in [0.2, 0.25) is 11.7 Å². The summed E-state index contributed by atoms with van der Waals surface area (Å²) in [6.07, 6.45) is 0.884. The van der Waals surface area contributed by atoms with E-state index in [4.69, 9.17) is 4.52 Å². The molecule has 0 aliphatic heterocycles. The van der Waals surface area contributed by atoms with Crippen molar-refractivity contribution in [3.05, 3.63) is 47.4 Å². The van der Waals surface area contributed by atoms with Crippen LogP contribution in [0.2, 0.25) is 0 Å². The molecule has 8 heteroatoms. The van der Waals surface area contributed by atoms with Crippen molar-refractivity contribution in [1.29, 1.82) is 0 Å². The molecule has 114 valence electrons. The summed E-state index contributed by atoms with van der Waals surface area (Å²) in [6, 6.07) is 4.80. The average molecular weight is 303 g/mol. The molecule has 0 saturated carbocycles. The quantitative estimate of drug-likeness (QED) is 0.791. The Hall–Kier alpha value is -2.61. The van der Waals surface area contributed by atoms with Crippen LogP contribution >= 0.6 is 0 Å². The van der Waals surface area contributed by atoms with Crippen LogP contribution in [-0.2, 0) is 6.54 Å². The van der Waals surface area contributed by atoms with Gasteiger partial charge < -0.3 is 9.63 Å². The molecular formula is C14H14FN5O2. The lowest BCUT2D eigenvalue weighted by atomic mass is 10.1. The largest absolute Gasteiger partial charge is 0.387 e. The molecule has 1 aromatic carbocycles. The van der Waals surface area contributed by atoms with E-state index in [1.807, 2.05) is 0 Å². The number of aryl methyl sites for hydroxylation is 1. The third kappa shape index (κ3) is 2.86. The van der Waals surface area contributed by atoms with Gasteiger partial charge in [-0.05, 0) is 31.5 Å². The van der Waals surface area contributed by atoms with E-state index in [2.05, 4.69) is 20.5 Å². The van der Waals surface area contributed by atoms with Crippen molar-refractivity contribution < 1.29 is 14.0 Å². The minimum atomic E-state index is -0.700. The van der Waals surface area contributed by atoms with Crippen molar-refractivity contribution in [3.8, 4) is 11.4 Å². The number of aliphatic hydroxyl groups excluding tert-OH is 1. The zero-order valence-corrected chi connectivity index (χ0v) is 12.1. The molecule has 0 radical (unpaired) electrons. The van der Waals surface area contributed by atoms with Gasteiger partial charge in [0, 0.05) is 0 Å². The molecule has 2 aromatic heterocycles. The van der Waals surface area contributed by atoms with Crippen LogP contribution in [0.25, 0.3) is 11.4 Å². The summed E-state index contributed by atoms with van der Waals surface area (Å²) in [7, 11) is 0. The van der Waals surface area contributed by atoms with Gasteiger partial charge in [-0.25, -0.2) is 9.07 Å². The minimum Gasteiger partial charge on any atom is -0.387 e. The first-order chi connectivity index (χ1) is 10.5. The second-order valence-electron chi connectivity index (χ2n) is 5.01. The molecule has 1 unspecified atom stereocenters. The maximum atomic E-state index is 13.9. The third-order valence-corrected chi connectivity index (χ3v) is 3.12. The molecule has 0 aliphatic carbocycles. The van der Waals surface area contributed by atoms with E-state index in [1.165, 1.54) is 10.7 Å². The molecule has 3 aromatic rings. The van der Waals surface area contributed by atoms with Gasteiger partial charge >= 0.3 is 0 Å². The highest BCUT2D eigenvalue weighted by Crippen LogP contribution is 2.21. The number of nitrogens with zero attached hydrogens (tertiary/aromatic N) is 5. The predicted octanol–water partition coefficient (Wildman–Crippen LogP) is 1.88. The standard InChI is InChI=1S/C14H14FN5O2/c1-8-3-4-10(11(15)5-8)14-16-13(22-18-14)7-20-6-12(9(2)21)17-19-20/h3-6,9,21H,7H2,1-2H3. The zero-order chi connectivity index (χ0) is 15.7. The summed E-state index contributed by atoms with van der Waals surface area (Å²) in [6.45, 7) is 3.60. The second kappa shape index (κ2) is 5.64. The van der Waals surface area contributed by atoms with Crippen molar-refractivity contribution in [3.63, 3.8) is 0 Å². The lowest BCUT2D eigenvalue weighted by Crippen LogP contribution is -2.00. The fourth-order valence-corrected chi connectivity index (χ4v) is 1.95. The van der Waals surface area contributed by atoms with E-state index in [9.17, 15) is 9.50 Å². The molecule has 0 aliphatic rings. The minimum absolute atomic E-state index is 0.184. The fourth-order valence-electron chi connectivity index (χ4n) is 1.95. The highest BCUT2D eigenvalue weighted by Gasteiger charge is 2.14. The van der Waals surface area contributed by atoms with Crippen molar-refractivity contribution in [2.24, 2.45) is 0 Å². The maximum absolute atomic E-state index is 13.9. The maximum Gasteiger partial charge on any atom is 0.248 e. The van der Waals surface area contributed by atoms with Crippen molar-refractivity contribution in [1.82, 2.24) is 25.1 Å². The van der Waals surface area contributed by atoms with Crippen molar-refractivity contribution in [2.75, 3.05) is 0 Å². The van der Waals surface area contributed by atoms with Crippen LogP contribution in [0.1, 0.15) is 30.2 Å². The second-order valence-corrected chi connectivity index (χ2v) is 5.01. The summed E-state index contributed by atoms with van der Waals surface area (Å²) in [5, 5.41) is 20.8. The molecule has 0 spiro atoms. The number of benzene rings is 1. The van der Waals surface area contributed by atoms with E-state index in [0.717, 1.165) is 5.56 Å². The third-order valence-electron chi connectivity index (χ3n) is 3.12. The molecule has 3 rings (SSSR count). The van der Waals surface area contributed by atoms with Crippen molar-refractivity contribution >= 4 is 0 Å². The topological polar surface area (TPSA) is 89.9 Å². The van der Waals surface area contributed by atoms with Crippen LogP contribution in [0.5, 0.6) is 0 Å². The zero-order valence-electron chi connectivity index (χ0n) is 12.1. The van der Waals surface area contributed by atoms with Crippen LogP contribution in [0.15, 0.2) is 28.9 Å². The van der Waals surface area contributed by atoms with E-state index in [-0.39, 0.29) is 23.8 Å². The van der Waals surface area contributed by atoms with Gasteiger partial charge in [0.05, 0.1) is 17.9 Å². The van der Waals surface area contributed by atoms with E-state index in [1.54, 1.807) is 32.2 Å². The Morgan fingerprint density at radius 3 is 2.91 bits per heavy atom. The van der Waals surface area contributed by atoms with Crippen LogP contribution in [0.3, 0.4) is 0 Å². The number of aromatic nitrogens is 5. The van der Waals surface area contributed by atoms with Gasteiger partial charge in [-0.15, -0.1) is 5.10 Å². The summed E-state index contributed by atoms with van der Waals surface area (Å²) in [5.41, 5.74) is 1.55. The van der Waals surface area contributed by atoms with Crippen LogP contribution in [0.4, 0.5) is 4.39 Å². The number of aliphatic hydroxyl groups is 1. The normalized spacial score (nSPS) is 12.5. The van der Waals surface area contributed by atoms with Crippen molar-refractivity contribution in [2.45, 2.75) is 26.5 Å². The monoisotopic (exact) mass is 303 g/mol. The SMILES string of the molecule is Cc1ccc(-c2noc(Cn3cc(C(C)O)nn3)n2)c(F)c1. The lowest BCUT2D eigenvalue weighted by molar-refractivity contribution is 0.194. The Kier molecular flexibility index (Phi) is 3.68. The van der Waals surface area contributed by atoms with Gasteiger partial charge in [-0.1, -0.05) is 16.4 Å². The molecule has 7 nitrogen and oxygen atoms in total. The Labute approximate surface area is 125 Å². The van der Waals surface area contributed by atoms with E-state index >= 15 is 0 Å². The van der Waals surface area contributed by atoms with E-state index < -0.39 is 11.9 Å². The van der Waals surface area contributed by atoms with Gasteiger partial charge in [0.15, 0.2) is 0 Å². The first kappa shape index (κ1) is 14.3. The highest BCUT2D eigenvalue weighted by atomic mass is 19.1. The number of halogens is 1. The Bertz CT molecular complexity index is 796. The van der Waals surface area contributed by atoms with Gasteiger partial charge in [0.25, 0.3) is 0 Å². The number of hydrogen-bond acceptors (Lipinski definition) is 6. The van der Waals surface area contributed by atoms with Gasteiger partial charge in [-0.3, -0.25) is 0 Å². The smallest absolute Gasteiger partial charge is 0.248 e. The molecule has 0 fully saturated rings. The van der Waals surface area contributed by atoms with Crippen LogP contribution < -0.4 is 0 Å². The number of hydrogen-bond donors (Lipinski definition) is 1. The molecule has 0 amide bonds. The molecule has 0 bridgehead atoms. The molecule has 1 atom stereocenters. The first-order valence-corrected chi connectivity index (χ1v) is 6.70. The summed E-state index contributed by atoms with van der Waals surface area (Å²) in [4.78, 5) is 4.15. The lowest BCUT2D eigenvalue weighted by Gasteiger charge is -1.98. The molecule has 0 saturated heterocycles. The summed E-state index contributed by atoms with van der Waals surface area (Å²) >= 11 is 0. The summed E-state index contributed by atoms with van der Waals surface area (Å²) < 4.78 is 20.4. The Balaban J connectivity index is 1.81. The van der Waals surface area contributed by atoms with E-state index in [0.29, 0.717) is 5.69 Å². The van der Waals surface area contributed by atoms with Gasteiger partial charge in [0.1, 0.15) is 18.1 Å². The fraction of sp³-hybridized carbons (Fsp3) is 0.286. The highest BCUT2D eigenvalue weighted by molar-refractivity contribution is 5.55. The predicted molar refractivity (Wildman–Crippen MR) is 74.2 cm³/mol. The number of rotatable bonds is 4. The summed E-state index contributed by atoms with van der Waals surface area (Å²) in [5.74, 6) is 0.0601. The van der Waals surface area contributed by atoms with Gasteiger partial charge in [-0.2, -0.15) is 4.98 Å². The Morgan fingerprint density at radius 2 is 2.23 bits per heavy atom. The molecular weight excluding hydrogens is 289 g/mol. The molecule has 22 heavy (non-hydrogen) atoms. The first-order valence-electron chi connectivity index (χ1n) is 6.70. The average Bonchev–Trinajstić information content (AvgIpc) is 3.09.